The van der Waals surface area contributed by atoms with Gasteiger partial charge in [-0.05, 0) is 12.1 Å². The summed E-state index contributed by atoms with van der Waals surface area (Å²) in [6.45, 7) is 0. The standard InChI is InChI=1S/C12H9N5OS/c18-11(9-5-14-7-15-9)17-12-16-10(6-19-12)8-2-1-3-13-4-8/h1-7H,(H,14,15)(H,16,17,18). The number of hydrogen-bond donors (Lipinski definition) is 2. The summed E-state index contributed by atoms with van der Waals surface area (Å²) in [6.07, 6.45) is 6.36. The smallest absolute Gasteiger partial charge is 0.275 e. The number of pyridine rings is 1. The third-order valence-corrected chi connectivity index (χ3v) is 3.18. The van der Waals surface area contributed by atoms with E-state index in [1.807, 2.05) is 17.5 Å². The largest absolute Gasteiger partial charge is 0.341 e. The average Bonchev–Trinajstić information content (AvgIpc) is 3.11. The highest BCUT2D eigenvalue weighted by Crippen LogP contribution is 2.24. The normalized spacial score (nSPS) is 10.3. The van der Waals surface area contributed by atoms with Crippen LogP contribution in [0.1, 0.15) is 10.5 Å². The molecule has 3 aromatic rings. The van der Waals surface area contributed by atoms with E-state index in [0.717, 1.165) is 11.3 Å². The molecule has 7 heteroatoms. The molecule has 94 valence electrons. The van der Waals surface area contributed by atoms with E-state index in [0.29, 0.717) is 10.8 Å². The number of carbonyl (C=O) groups is 1. The Labute approximate surface area is 112 Å². The Hall–Kier alpha value is -2.54. The van der Waals surface area contributed by atoms with Crippen LogP contribution >= 0.6 is 11.3 Å². The molecule has 19 heavy (non-hydrogen) atoms. The number of imidazole rings is 1. The number of rotatable bonds is 3. The predicted molar refractivity (Wildman–Crippen MR) is 71.9 cm³/mol. The van der Waals surface area contributed by atoms with Crippen molar-refractivity contribution in [3.63, 3.8) is 0 Å². The number of carbonyl (C=O) groups excluding carboxylic acids is 1. The minimum atomic E-state index is -0.260. The molecule has 0 bridgehead atoms. The first-order chi connectivity index (χ1) is 9.33. The highest BCUT2D eigenvalue weighted by molar-refractivity contribution is 7.14. The molecule has 0 saturated heterocycles. The van der Waals surface area contributed by atoms with Crippen molar-refractivity contribution in [1.82, 2.24) is 19.9 Å². The van der Waals surface area contributed by atoms with Crippen LogP contribution in [-0.2, 0) is 0 Å². The van der Waals surface area contributed by atoms with Gasteiger partial charge < -0.3 is 4.98 Å². The number of nitrogens with zero attached hydrogens (tertiary/aromatic N) is 3. The topological polar surface area (TPSA) is 83.6 Å². The molecule has 3 rings (SSSR count). The maximum absolute atomic E-state index is 11.8. The van der Waals surface area contributed by atoms with E-state index in [-0.39, 0.29) is 5.91 Å². The number of nitrogens with one attached hydrogen (secondary N) is 2. The van der Waals surface area contributed by atoms with Crippen molar-refractivity contribution in [2.75, 3.05) is 5.32 Å². The monoisotopic (exact) mass is 271 g/mol. The molecule has 0 atom stereocenters. The molecule has 0 spiro atoms. The minimum absolute atomic E-state index is 0.260. The first kappa shape index (κ1) is 11.5. The van der Waals surface area contributed by atoms with Gasteiger partial charge in [-0.15, -0.1) is 11.3 Å². The Bertz CT molecular complexity index is 677. The number of aromatic amines is 1. The van der Waals surface area contributed by atoms with Crippen molar-refractivity contribution in [1.29, 1.82) is 0 Å². The number of hydrogen-bond acceptors (Lipinski definition) is 5. The fourth-order valence-corrected chi connectivity index (χ4v) is 2.24. The van der Waals surface area contributed by atoms with Crippen molar-refractivity contribution >= 4 is 22.4 Å². The van der Waals surface area contributed by atoms with Gasteiger partial charge in [0, 0.05) is 23.3 Å². The summed E-state index contributed by atoms with van der Waals surface area (Å²) in [5.74, 6) is -0.260. The van der Waals surface area contributed by atoms with Gasteiger partial charge >= 0.3 is 0 Å². The van der Waals surface area contributed by atoms with Gasteiger partial charge in [-0.3, -0.25) is 15.1 Å². The fraction of sp³-hybridized carbons (Fsp3) is 0. The maximum atomic E-state index is 11.8. The Morgan fingerprint density at radius 1 is 1.32 bits per heavy atom. The Morgan fingerprint density at radius 2 is 2.26 bits per heavy atom. The SMILES string of the molecule is O=C(Nc1nc(-c2cccnc2)cs1)c1cnc[nH]1. The van der Waals surface area contributed by atoms with E-state index in [1.54, 1.807) is 12.4 Å². The zero-order chi connectivity index (χ0) is 13.1. The summed E-state index contributed by atoms with van der Waals surface area (Å²) < 4.78 is 0. The van der Waals surface area contributed by atoms with E-state index in [2.05, 4.69) is 25.3 Å². The first-order valence-corrected chi connectivity index (χ1v) is 6.36. The molecule has 2 N–H and O–H groups in total. The van der Waals surface area contributed by atoms with Crippen LogP contribution in [0, 0.1) is 0 Å². The molecule has 1 amide bonds. The third-order valence-electron chi connectivity index (χ3n) is 2.42. The summed E-state index contributed by atoms with van der Waals surface area (Å²) in [6, 6.07) is 3.76. The first-order valence-electron chi connectivity index (χ1n) is 5.48. The van der Waals surface area contributed by atoms with Gasteiger partial charge in [0.2, 0.25) is 0 Å². The Morgan fingerprint density at radius 3 is 3.00 bits per heavy atom. The molecule has 0 fully saturated rings. The summed E-state index contributed by atoms with van der Waals surface area (Å²) in [7, 11) is 0. The Kier molecular flexibility index (Phi) is 3.03. The van der Waals surface area contributed by atoms with Crippen molar-refractivity contribution < 1.29 is 4.79 Å². The Balaban J connectivity index is 1.77. The average molecular weight is 271 g/mol. The zero-order valence-corrected chi connectivity index (χ0v) is 10.5. The van der Waals surface area contributed by atoms with Gasteiger partial charge in [0.25, 0.3) is 5.91 Å². The number of anilines is 1. The quantitative estimate of drug-likeness (QED) is 0.764. The second-order valence-electron chi connectivity index (χ2n) is 3.70. The molecule has 3 heterocycles. The van der Waals surface area contributed by atoms with Crippen molar-refractivity contribution in [3.8, 4) is 11.3 Å². The molecule has 0 aliphatic heterocycles. The van der Waals surface area contributed by atoms with E-state index in [4.69, 9.17) is 0 Å². The number of H-pyrrole nitrogens is 1. The number of aromatic nitrogens is 4. The van der Waals surface area contributed by atoms with Crippen LogP contribution in [0.25, 0.3) is 11.3 Å². The van der Waals surface area contributed by atoms with Crippen LogP contribution in [0.3, 0.4) is 0 Å². The maximum Gasteiger partial charge on any atom is 0.275 e. The highest BCUT2D eigenvalue weighted by Gasteiger charge is 2.10. The van der Waals surface area contributed by atoms with Crippen LogP contribution in [0.2, 0.25) is 0 Å². The summed E-state index contributed by atoms with van der Waals surface area (Å²) in [4.78, 5) is 26.7. The van der Waals surface area contributed by atoms with Crippen LogP contribution in [0.15, 0.2) is 42.4 Å². The number of thiazole rings is 1. The summed E-state index contributed by atoms with van der Waals surface area (Å²) in [5, 5.41) is 5.13. The lowest BCUT2D eigenvalue weighted by Crippen LogP contribution is -2.11. The molecule has 0 unspecified atom stereocenters. The van der Waals surface area contributed by atoms with Crippen molar-refractivity contribution in [2.45, 2.75) is 0 Å². The van der Waals surface area contributed by atoms with Crippen LogP contribution in [0.5, 0.6) is 0 Å². The molecule has 0 aromatic carbocycles. The zero-order valence-electron chi connectivity index (χ0n) is 9.70. The van der Waals surface area contributed by atoms with Gasteiger partial charge in [0.05, 0.1) is 18.2 Å². The lowest BCUT2D eigenvalue weighted by molar-refractivity contribution is 0.102. The van der Waals surface area contributed by atoms with Crippen LogP contribution in [-0.4, -0.2) is 25.8 Å². The highest BCUT2D eigenvalue weighted by atomic mass is 32.1. The van der Waals surface area contributed by atoms with Crippen LogP contribution < -0.4 is 5.32 Å². The molecule has 0 aliphatic carbocycles. The molecule has 0 radical (unpaired) electrons. The molecule has 0 saturated carbocycles. The lowest BCUT2D eigenvalue weighted by atomic mass is 10.2. The van der Waals surface area contributed by atoms with Crippen LogP contribution in [0.4, 0.5) is 5.13 Å². The molecule has 6 nitrogen and oxygen atoms in total. The van der Waals surface area contributed by atoms with Gasteiger partial charge in [-0.1, -0.05) is 0 Å². The van der Waals surface area contributed by atoms with Gasteiger partial charge in [0.15, 0.2) is 5.13 Å². The van der Waals surface area contributed by atoms with Gasteiger partial charge in [-0.25, -0.2) is 9.97 Å². The third kappa shape index (κ3) is 2.50. The molecular formula is C12H9N5OS. The van der Waals surface area contributed by atoms with Crippen molar-refractivity contribution in [2.24, 2.45) is 0 Å². The van der Waals surface area contributed by atoms with Gasteiger partial charge in [-0.2, -0.15) is 0 Å². The summed E-state index contributed by atoms with van der Waals surface area (Å²) in [5.41, 5.74) is 2.11. The molecular weight excluding hydrogens is 262 g/mol. The minimum Gasteiger partial charge on any atom is -0.341 e. The van der Waals surface area contributed by atoms with E-state index >= 15 is 0 Å². The summed E-state index contributed by atoms with van der Waals surface area (Å²) >= 11 is 1.36. The van der Waals surface area contributed by atoms with Gasteiger partial charge in [0.1, 0.15) is 5.69 Å². The lowest BCUT2D eigenvalue weighted by Gasteiger charge is -1.98. The van der Waals surface area contributed by atoms with E-state index in [1.165, 1.54) is 23.9 Å². The predicted octanol–water partition coefficient (Wildman–Crippen LogP) is 2.18. The second kappa shape index (κ2) is 4.99. The fourth-order valence-electron chi connectivity index (χ4n) is 1.52. The van der Waals surface area contributed by atoms with Crippen molar-refractivity contribution in [3.05, 3.63) is 48.1 Å². The molecule has 3 aromatic heterocycles. The second-order valence-corrected chi connectivity index (χ2v) is 4.56. The van der Waals surface area contributed by atoms with E-state index < -0.39 is 0 Å². The van der Waals surface area contributed by atoms with E-state index in [9.17, 15) is 4.79 Å². The molecule has 0 aliphatic rings. The number of amides is 1.